The van der Waals surface area contributed by atoms with Crippen molar-refractivity contribution in [3.8, 4) is 11.1 Å². The summed E-state index contributed by atoms with van der Waals surface area (Å²) in [6.45, 7) is 0. The molecule has 0 aromatic heterocycles. The minimum absolute atomic E-state index is 0. The van der Waals surface area contributed by atoms with Crippen molar-refractivity contribution in [3.63, 3.8) is 0 Å². The van der Waals surface area contributed by atoms with Crippen LogP contribution in [-0.2, 0) is 20.4 Å². The number of fused-ring (bicyclic) bond motifs is 2. The summed E-state index contributed by atoms with van der Waals surface area (Å²) < 4.78 is 0. The second-order valence-corrected chi connectivity index (χ2v) is 16.5. The molecule has 0 atom stereocenters. The van der Waals surface area contributed by atoms with Crippen molar-refractivity contribution < 1.29 is 20.4 Å². The molecule has 0 saturated carbocycles. The van der Waals surface area contributed by atoms with Gasteiger partial charge in [-0.1, -0.05) is 133 Å². The minimum atomic E-state index is -1.37. The fourth-order valence-electron chi connectivity index (χ4n) is 6.87. The first-order chi connectivity index (χ1) is 22.9. The van der Waals surface area contributed by atoms with E-state index in [2.05, 4.69) is 194 Å². The molecule has 234 valence electrons. The Kier molecular flexibility index (Phi) is 10.8. The van der Waals surface area contributed by atoms with E-state index in [1.807, 2.05) is 0 Å². The van der Waals surface area contributed by atoms with Gasteiger partial charge < -0.3 is 7.43 Å². The van der Waals surface area contributed by atoms with Crippen LogP contribution in [0.25, 0.3) is 32.7 Å². The maximum Gasteiger partial charge on any atom is 2.00 e. The fraction of sp³-hybridized carbons (Fsp3) is 0. The van der Waals surface area contributed by atoms with Gasteiger partial charge in [0.25, 0.3) is 0 Å². The maximum atomic E-state index is 2.44. The van der Waals surface area contributed by atoms with E-state index in [9.17, 15) is 0 Å². The van der Waals surface area contributed by atoms with Crippen molar-refractivity contribution in [2.75, 3.05) is 0 Å². The SMILES string of the molecule is [CH3-].[Pd+2].c1ccc([PH+](c2ccccc2)c2ccc3ccccc3c2-c2c([PH+](c3ccccc3)c3ccccc3)ccc3ccccc23)cc1. The number of hydrogen-bond acceptors (Lipinski definition) is 0. The Hall–Kier alpha value is -4.20. The zero-order valence-corrected chi connectivity index (χ0v) is 30.3. The van der Waals surface area contributed by atoms with Crippen LogP contribution in [-0.4, -0.2) is 0 Å². The van der Waals surface area contributed by atoms with Crippen molar-refractivity contribution in [3.05, 3.63) is 202 Å². The van der Waals surface area contributed by atoms with E-state index in [1.165, 1.54) is 64.5 Å². The van der Waals surface area contributed by atoms with Crippen LogP contribution in [0.15, 0.2) is 194 Å². The predicted octanol–water partition coefficient (Wildman–Crippen LogP) is 9.09. The average molecular weight is 746 g/mol. The molecule has 0 unspecified atom stereocenters. The van der Waals surface area contributed by atoms with Crippen LogP contribution in [0.5, 0.6) is 0 Å². The van der Waals surface area contributed by atoms with E-state index in [4.69, 9.17) is 0 Å². The summed E-state index contributed by atoms with van der Waals surface area (Å²) in [5, 5.41) is 13.6. The standard InChI is InChI=1S/C44H32P2.CH3.Pd/c1-5-19-35(20-6-1)45(36-21-7-2-8-22-36)41-31-29-33-17-13-15-27-39(33)43(41)44-40-28-16-14-18-34(40)30-32-42(44)46(37-23-9-3-10-24-37)38-25-11-4-12-26-38;;/h1-32H;1H3;/q;-1;+2/p+2. The molecule has 0 amide bonds. The summed E-state index contributed by atoms with van der Waals surface area (Å²) in [4.78, 5) is 0. The number of rotatable bonds is 7. The molecule has 0 saturated heterocycles. The second-order valence-electron chi connectivity index (χ2n) is 11.6. The molecule has 0 aliphatic heterocycles. The van der Waals surface area contributed by atoms with Crippen molar-refractivity contribution in [2.45, 2.75) is 0 Å². The van der Waals surface area contributed by atoms with Gasteiger partial charge in [0.05, 0.1) is 15.8 Å². The van der Waals surface area contributed by atoms with Crippen LogP contribution in [0.1, 0.15) is 0 Å². The van der Waals surface area contributed by atoms with Gasteiger partial charge >= 0.3 is 20.4 Å². The monoisotopic (exact) mass is 745 g/mol. The average Bonchev–Trinajstić information content (AvgIpc) is 3.14. The summed E-state index contributed by atoms with van der Waals surface area (Å²) in [7, 11) is -2.74. The van der Waals surface area contributed by atoms with Gasteiger partial charge in [0.15, 0.2) is 0 Å². The van der Waals surface area contributed by atoms with Crippen molar-refractivity contribution in [1.29, 1.82) is 0 Å². The molecule has 0 aliphatic carbocycles. The Morgan fingerprint density at radius 1 is 0.271 bits per heavy atom. The summed E-state index contributed by atoms with van der Waals surface area (Å²) in [6.07, 6.45) is 0. The molecular weight excluding hydrogens is 709 g/mol. The molecule has 0 heterocycles. The molecule has 0 spiro atoms. The third-order valence-electron chi connectivity index (χ3n) is 8.90. The number of hydrogen-bond donors (Lipinski definition) is 0. The normalized spacial score (nSPS) is 11.0. The minimum Gasteiger partial charge on any atom is -0.358 e. The van der Waals surface area contributed by atoms with Crippen molar-refractivity contribution in [1.82, 2.24) is 0 Å². The Labute approximate surface area is 300 Å². The molecule has 0 N–H and O–H groups in total. The first kappa shape index (κ1) is 33.7. The van der Waals surface area contributed by atoms with Crippen LogP contribution >= 0.6 is 15.8 Å². The maximum absolute atomic E-state index is 2.44. The Morgan fingerprint density at radius 2 is 0.542 bits per heavy atom. The summed E-state index contributed by atoms with van der Waals surface area (Å²) in [5.74, 6) is 0. The Morgan fingerprint density at radius 3 is 0.854 bits per heavy atom. The zero-order chi connectivity index (χ0) is 30.7. The second kappa shape index (κ2) is 15.4. The molecular formula is C45H37P2Pd+3. The topological polar surface area (TPSA) is 0 Å². The first-order valence-corrected chi connectivity index (χ1v) is 18.9. The molecule has 0 fully saturated rings. The molecule has 0 aliphatic rings. The van der Waals surface area contributed by atoms with Gasteiger partial charge in [-0.3, -0.25) is 0 Å². The predicted molar refractivity (Wildman–Crippen MR) is 214 cm³/mol. The molecule has 8 rings (SSSR count). The fourth-order valence-corrected chi connectivity index (χ4v) is 12.4. The van der Waals surface area contributed by atoms with E-state index in [1.54, 1.807) is 0 Å². The summed E-state index contributed by atoms with van der Waals surface area (Å²) >= 11 is 0. The van der Waals surface area contributed by atoms with E-state index >= 15 is 0 Å². The van der Waals surface area contributed by atoms with E-state index < -0.39 is 15.8 Å². The van der Waals surface area contributed by atoms with Gasteiger partial charge in [0.2, 0.25) is 0 Å². The molecule has 3 heteroatoms. The van der Waals surface area contributed by atoms with Gasteiger partial charge in [-0.2, -0.15) is 0 Å². The van der Waals surface area contributed by atoms with Crippen LogP contribution in [0.4, 0.5) is 0 Å². The van der Waals surface area contributed by atoms with Crippen molar-refractivity contribution >= 4 is 69.2 Å². The largest absolute Gasteiger partial charge is 2.00 e. The van der Waals surface area contributed by atoms with Gasteiger partial charge in [-0.05, 0) is 82.2 Å². The van der Waals surface area contributed by atoms with Gasteiger partial charge in [0, 0.05) is 11.1 Å². The smallest absolute Gasteiger partial charge is 0.358 e. The summed E-state index contributed by atoms with van der Waals surface area (Å²) in [6, 6.07) is 72.2. The quantitative estimate of drug-likeness (QED) is 0.0868. The van der Waals surface area contributed by atoms with Crippen molar-refractivity contribution in [2.24, 2.45) is 0 Å². The third kappa shape index (κ3) is 6.46. The molecule has 48 heavy (non-hydrogen) atoms. The molecule has 0 bridgehead atoms. The molecule has 8 aromatic carbocycles. The zero-order valence-electron chi connectivity index (χ0n) is 26.8. The van der Waals surface area contributed by atoms with E-state index in [0.29, 0.717) is 0 Å². The van der Waals surface area contributed by atoms with E-state index in [0.717, 1.165) is 0 Å². The first-order valence-electron chi connectivity index (χ1n) is 15.9. The van der Waals surface area contributed by atoms with Gasteiger partial charge in [-0.25, -0.2) is 0 Å². The van der Waals surface area contributed by atoms with Gasteiger partial charge in [0.1, 0.15) is 31.8 Å². The number of benzene rings is 8. The Balaban J connectivity index is 0.00000201. The van der Waals surface area contributed by atoms with Gasteiger partial charge in [-0.15, -0.1) is 0 Å². The van der Waals surface area contributed by atoms with Crippen LogP contribution in [0, 0.1) is 7.43 Å². The molecule has 0 radical (unpaired) electrons. The summed E-state index contributed by atoms with van der Waals surface area (Å²) in [5.41, 5.74) is 2.75. The molecule has 8 aromatic rings. The van der Waals surface area contributed by atoms with Crippen LogP contribution < -0.4 is 31.8 Å². The molecule has 0 nitrogen and oxygen atoms in total. The van der Waals surface area contributed by atoms with Crippen LogP contribution in [0.3, 0.4) is 0 Å². The van der Waals surface area contributed by atoms with E-state index in [-0.39, 0.29) is 27.8 Å². The third-order valence-corrected chi connectivity index (χ3v) is 14.4. The van der Waals surface area contributed by atoms with Crippen LogP contribution in [0.2, 0.25) is 0 Å². The Bertz CT molecular complexity index is 2010.